The van der Waals surface area contributed by atoms with E-state index < -0.39 is 0 Å². The third-order valence-electron chi connectivity index (χ3n) is 2.97. The molecule has 0 unspecified atom stereocenters. The van der Waals surface area contributed by atoms with Gasteiger partial charge in [0.15, 0.2) is 11.5 Å². The molecule has 0 aromatic heterocycles. The standard InChI is InChI=1S/C16H26BrNO2/c1-6-18-11-12-9-13(17)15(14(10-12)19-5)20-8-7-16(2,3)4/h9-10,18H,6-8,11H2,1-5H3. The highest BCUT2D eigenvalue weighted by molar-refractivity contribution is 9.10. The maximum atomic E-state index is 5.90. The van der Waals surface area contributed by atoms with Gasteiger partial charge in [-0.25, -0.2) is 0 Å². The maximum Gasteiger partial charge on any atom is 0.175 e. The summed E-state index contributed by atoms with van der Waals surface area (Å²) in [6, 6.07) is 4.11. The fraction of sp³-hybridized carbons (Fsp3) is 0.625. The van der Waals surface area contributed by atoms with Crippen molar-refractivity contribution in [1.29, 1.82) is 0 Å². The average Bonchev–Trinajstić information content (AvgIpc) is 2.36. The highest BCUT2D eigenvalue weighted by atomic mass is 79.9. The van der Waals surface area contributed by atoms with Crippen LogP contribution in [0.2, 0.25) is 0 Å². The molecular formula is C16H26BrNO2. The first kappa shape index (κ1) is 17.3. The van der Waals surface area contributed by atoms with Crippen LogP contribution in [0.15, 0.2) is 16.6 Å². The predicted octanol–water partition coefficient (Wildman–Crippen LogP) is 4.38. The summed E-state index contributed by atoms with van der Waals surface area (Å²) < 4.78 is 12.3. The lowest BCUT2D eigenvalue weighted by Crippen LogP contribution is -2.13. The van der Waals surface area contributed by atoms with Gasteiger partial charge in [-0.1, -0.05) is 27.7 Å². The van der Waals surface area contributed by atoms with Gasteiger partial charge in [0, 0.05) is 6.54 Å². The van der Waals surface area contributed by atoms with Crippen LogP contribution < -0.4 is 14.8 Å². The van der Waals surface area contributed by atoms with Crippen LogP contribution in [-0.2, 0) is 6.54 Å². The van der Waals surface area contributed by atoms with Crippen molar-refractivity contribution < 1.29 is 9.47 Å². The van der Waals surface area contributed by atoms with Gasteiger partial charge in [-0.15, -0.1) is 0 Å². The van der Waals surface area contributed by atoms with Crippen LogP contribution in [0, 0.1) is 5.41 Å². The van der Waals surface area contributed by atoms with E-state index in [0.717, 1.165) is 35.5 Å². The largest absolute Gasteiger partial charge is 0.493 e. The second kappa shape index (κ2) is 7.89. The summed E-state index contributed by atoms with van der Waals surface area (Å²) in [6.07, 6.45) is 1.00. The molecule has 0 radical (unpaired) electrons. The number of nitrogens with one attached hydrogen (secondary N) is 1. The number of ether oxygens (including phenoxy) is 2. The van der Waals surface area contributed by atoms with Gasteiger partial charge in [-0.2, -0.15) is 0 Å². The molecule has 0 fully saturated rings. The van der Waals surface area contributed by atoms with Crippen molar-refractivity contribution in [2.24, 2.45) is 5.41 Å². The van der Waals surface area contributed by atoms with Crippen molar-refractivity contribution in [2.75, 3.05) is 20.3 Å². The molecule has 3 nitrogen and oxygen atoms in total. The van der Waals surface area contributed by atoms with E-state index >= 15 is 0 Å². The molecule has 1 aromatic carbocycles. The van der Waals surface area contributed by atoms with E-state index in [1.807, 2.05) is 6.07 Å². The van der Waals surface area contributed by atoms with Crippen LogP contribution in [0.5, 0.6) is 11.5 Å². The lowest BCUT2D eigenvalue weighted by molar-refractivity contribution is 0.233. The van der Waals surface area contributed by atoms with Crippen molar-refractivity contribution in [2.45, 2.75) is 40.7 Å². The Labute approximate surface area is 131 Å². The molecule has 20 heavy (non-hydrogen) atoms. The van der Waals surface area contributed by atoms with E-state index in [1.165, 1.54) is 5.56 Å². The van der Waals surface area contributed by atoms with E-state index in [0.29, 0.717) is 6.61 Å². The molecule has 0 saturated carbocycles. The Balaban J connectivity index is 2.79. The Morgan fingerprint density at radius 2 is 1.95 bits per heavy atom. The molecule has 0 atom stereocenters. The second-order valence-electron chi connectivity index (χ2n) is 6.05. The Bertz CT molecular complexity index is 427. The van der Waals surface area contributed by atoms with Crippen LogP contribution >= 0.6 is 15.9 Å². The number of rotatable bonds is 7. The quantitative estimate of drug-likeness (QED) is 0.796. The molecule has 0 aliphatic rings. The summed E-state index contributed by atoms with van der Waals surface area (Å²) in [4.78, 5) is 0. The molecule has 0 aliphatic heterocycles. The molecule has 0 amide bonds. The molecular weight excluding hydrogens is 318 g/mol. The van der Waals surface area contributed by atoms with Gasteiger partial charge in [0.25, 0.3) is 0 Å². The minimum absolute atomic E-state index is 0.269. The Hall–Kier alpha value is -0.740. The summed E-state index contributed by atoms with van der Waals surface area (Å²) in [5, 5.41) is 3.31. The van der Waals surface area contributed by atoms with Crippen molar-refractivity contribution in [1.82, 2.24) is 5.32 Å². The summed E-state index contributed by atoms with van der Waals surface area (Å²) in [5.41, 5.74) is 1.45. The fourth-order valence-electron chi connectivity index (χ4n) is 1.74. The van der Waals surface area contributed by atoms with Gasteiger partial charge in [0.2, 0.25) is 0 Å². The monoisotopic (exact) mass is 343 g/mol. The van der Waals surface area contributed by atoms with Gasteiger partial charge >= 0.3 is 0 Å². The molecule has 0 saturated heterocycles. The zero-order chi connectivity index (χ0) is 15.2. The van der Waals surface area contributed by atoms with Gasteiger partial charge < -0.3 is 14.8 Å². The van der Waals surface area contributed by atoms with Crippen LogP contribution in [0.25, 0.3) is 0 Å². The van der Waals surface area contributed by atoms with Crippen LogP contribution in [0.1, 0.15) is 39.7 Å². The summed E-state index contributed by atoms with van der Waals surface area (Å²) >= 11 is 3.58. The molecule has 1 N–H and O–H groups in total. The Kier molecular flexibility index (Phi) is 6.83. The smallest absolute Gasteiger partial charge is 0.175 e. The van der Waals surface area contributed by atoms with E-state index in [2.05, 4.69) is 55.0 Å². The number of hydrogen-bond acceptors (Lipinski definition) is 3. The van der Waals surface area contributed by atoms with Crippen molar-refractivity contribution in [3.8, 4) is 11.5 Å². The zero-order valence-electron chi connectivity index (χ0n) is 13.2. The van der Waals surface area contributed by atoms with Crippen LogP contribution in [0.3, 0.4) is 0 Å². The van der Waals surface area contributed by atoms with E-state index in [4.69, 9.17) is 9.47 Å². The molecule has 1 aromatic rings. The van der Waals surface area contributed by atoms with E-state index in [9.17, 15) is 0 Å². The topological polar surface area (TPSA) is 30.5 Å². The maximum absolute atomic E-state index is 5.90. The van der Waals surface area contributed by atoms with Crippen molar-refractivity contribution >= 4 is 15.9 Å². The third-order valence-corrected chi connectivity index (χ3v) is 3.56. The normalized spacial score (nSPS) is 11.5. The average molecular weight is 344 g/mol. The summed E-state index contributed by atoms with van der Waals surface area (Å²) in [5.74, 6) is 1.57. The Morgan fingerprint density at radius 1 is 1.25 bits per heavy atom. The molecule has 0 spiro atoms. The highest BCUT2D eigenvalue weighted by Gasteiger charge is 2.14. The van der Waals surface area contributed by atoms with Gasteiger partial charge in [-0.05, 0) is 52.0 Å². The van der Waals surface area contributed by atoms with Crippen molar-refractivity contribution in [3.63, 3.8) is 0 Å². The molecule has 0 bridgehead atoms. The minimum atomic E-state index is 0.269. The molecule has 114 valence electrons. The van der Waals surface area contributed by atoms with Crippen LogP contribution in [-0.4, -0.2) is 20.3 Å². The van der Waals surface area contributed by atoms with Crippen LogP contribution in [0.4, 0.5) is 0 Å². The van der Waals surface area contributed by atoms with Gasteiger partial charge in [-0.3, -0.25) is 0 Å². The summed E-state index contributed by atoms with van der Waals surface area (Å²) in [7, 11) is 1.68. The first-order chi connectivity index (χ1) is 9.37. The van der Waals surface area contributed by atoms with E-state index in [1.54, 1.807) is 7.11 Å². The van der Waals surface area contributed by atoms with Gasteiger partial charge in [0.1, 0.15) is 0 Å². The van der Waals surface area contributed by atoms with Gasteiger partial charge in [0.05, 0.1) is 18.2 Å². The minimum Gasteiger partial charge on any atom is -0.493 e. The van der Waals surface area contributed by atoms with E-state index in [-0.39, 0.29) is 5.41 Å². The van der Waals surface area contributed by atoms with Crippen molar-refractivity contribution in [3.05, 3.63) is 22.2 Å². The lowest BCUT2D eigenvalue weighted by Gasteiger charge is -2.20. The molecule has 0 aliphatic carbocycles. The number of hydrogen-bond donors (Lipinski definition) is 1. The first-order valence-corrected chi connectivity index (χ1v) is 7.86. The molecule has 0 heterocycles. The highest BCUT2D eigenvalue weighted by Crippen LogP contribution is 2.37. The first-order valence-electron chi connectivity index (χ1n) is 7.07. The number of benzene rings is 1. The number of halogens is 1. The Morgan fingerprint density at radius 3 is 2.50 bits per heavy atom. The fourth-order valence-corrected chi connectivity index (χ4v) is 2.35. The second-order valence-corrected chi connectivity index (χ2v) is 6.90. The molecule has 1 rings (SSSR count). The summed E-state index contributed by atoms with van der Waals surface area (Å²) in [6.45, 7) is 11.2. The lowest BCUT2D eigenvalue weighted by atomic mass is 9.93. The SMILES string of the molecule is CCNCc1cc(Br)c(OCCC(C)(C)C)c(OC)c1. The number of methoxy groups -OCH3 is 1. The molecule has 4 heteroatoms. The predicted molar refractivity (Wildman–Crippen MR) is 87.6 cm³/mol. The third kappa shape index (κ3) is 5.71. The zero-order valence-corrected chi connectivity index (χ0v) is 14.8.